The van der Waals surface area contributed by atoms with Crippen molar-refractivity contribution in [2.75, 3.05) is 6.61 Å². The Balaban J connectivity index is 1.45. The van der Waals surface area contributed by atoms with Gasteiger partial charge in [-0.15, -0.1) is 0 Å². The number of carbonyl (C=O) groups is 1. The molecule has 1 heterocycles. The van der Waals surface area contributed by atoms with Crippen molar-refractivity contribution in [2.24, 2.45) is 0 Å². The largest absolute Gasteiger partial charge is 0.450 e. The number of benzene rings is 1. The third-order valence-electron chi connectivity index (χ3n) is 8.34. The summed E-state index contributed by atoms with van der Waals surface area (Å²) in [5.41, 5.74) is 4.15. The van der Waals surface area contributed by atoms with E-state index in [2.05, 4.69) is 53.8 Å². The molecule has 4 heteroatoms. The van der Waals surface area contributed by atoms with Crippen molar-refractivity contribution in [3.8, 4) is 0 Å². The minimum absolute atomic E-state index is 0.347. The summed E-state index contributed by atoms with van der Waals surface area (Å²) >= 11 is 0. The van der Waals surface area contributed by atoms with Gasteiger partial charge in [0.25, 0.3) is 0 Å². The number of pyridine rings is 1. The first kappa shape index (κ1) is 35.6. The Bertz CT molecular complexity index is 1030. The molecule has 0 fully saturated rings. The number of nitrogens with one attached hydrogen (secondary N) is 1. The van der Waals surface area contributed by atoms with Gasteiger partial charge in [0.1, 0.15) is 6.54 Å². The number of ether oxygens (including phenoxy) is 1. The van der Waals surface area contributed by atoms with E-state index in [1.807, 2.05) is 39.0 Å². The first-order chi connectivity index (χ1) is 20.3. The summed E-state index contributed by atoms with van der Waals surface area (Å²) in [6.07, 6.45) is 23.8. The van der Waals surface area contributed by atoms with Crippen molar-refractivity contribution in [3.05, 3.63) is 72.1 Å². The van der Waals surface area contributed by atoms with Crippen molar-refractivity contribution >= 4 is 11.7 Å². The summed E-state index contributed by atoms with van der Waals surface area (Å²) in [5.74, 6) is 0. The standard InChI is InChI=1S/C38H60N2O2/c1-6-7-8-9-16-19-27-36-28-20-22-30-40(36)29-21-17-14-12-10-11-13-15-18-23-31-42-37(41)39-38(4,5)35-26-24-25-34(32-35)33(2)3/h20,22,24-26,28,30,32H,2,6-19,21,23,27,29,31H2,1,3-5H3/p+1. The zero-order chi connectivity index (χ0) is 30.5. The molecule has 0 unspecified atom stereocenters. The highest BCUT2D eigenvalue weighted by Gasteiger charge is 2.24. The molecule has 0 atom stereocenters. The molecule has 234 valence electrons. The van der Waals surface area contributed by atoms with Gasteiger partial charge in [-0.3, -0.25) is 0 Å². The van der Waals surface area contributed by atoms with Crippen molar-refractivity contribution in [1.82, 2.24) is 5.32 Å². The number of allylic oxidation sites excluding steroid dienone is 1. The molecule has 0 saturated heterocycles. The van der Waals surface area contributed by atoms with Gasteiger partial charge < -0.3 is 10.1 Å². The number of aromatic nitrogens is 1. The van der Waals surface area contributed by atoms with E-state index in [0.717, 1.165) is 36.1 Å². The maximum absolute atomic E-state index is 12.4. The summed E-state index contributed by atoms with van der Waals surface area (Å²) in [4.78, 5) is 12.4. The zero-order valence-electron chi connectivity index (χ0n) is 27.5. The van der Waals surface area contributed by atoms with Gasteiger partial charge in [-0.25, -0.2) is 9.36 Å². The van der Waals surface area contributed by atoms with Gasteiger partial charge in [0.2, 0.25) is 0 Å². The van der Waals surface area contributed by atoms with E-state index < -0.39 is 5.54 Å². The van der Waals surface area contributed by atoms with Crippen LogP contribution < -0.4 is 9.88 Å². The molecule has 1 amide bonds. The maximum Gasteiger partial charge on any atom is 0.407 e. The van der Waals surface area contributed by atoms with Crippen LogP contribution in [-0.4, -0.2) is 12.7 Å². The second-order valence-corrected chi connectivity index (χ2v) is 12.7. The molecule has 0 radical (unpaired) electrons. The SMILES string of the molecule is C=C(C)c1cccc(C(C)(C)NC(=O)OCCCCCCCCCCCC[n+]2ccccc2CCCCCCCC)c1. The lowest BCUT2D eigenvalue weighted by molar-refractivity contribution is -0.704. The molecule has 1 aromatic carbocycles. The lowest BCUT2D eigenvalue weighted by Crippen LogP contribution is -2.41. The quantitative estimate of drug-likeness (QED) is 0.105. The fourth-order valence-corrected chi connectivity index (χ4v) is 5.54. The summed E-state index contributed by atoms with van der Waals surface area (Å²) in [6.45, 7) is 13.9. The molecule has 4 nitrogen and oxygen atoms in total. The summed E-state index contributed by atoms with van der Waals surface area (Å²) in [7, 11) is 0. The number of nitrogens with zero attached hydrogens (tertiary/aromatic N) is 1. The summed E-state index contributed by atoms with van der Waals surface area (Å²) in [6, 6.07) is 14.9. The van der Waals surface area contributed by atoms with Crippen LogP contribution in [0.15, 0.2) is 55.2 Å². The van der Waals surface area contributed by atoms with E-state index in [1.54, 1.807) is 0 Å². The highest BCUT2D eigenvalue weighted by molar-refractivity contribution is 5.69. The maximum atomic E-state index is 12.4. The van der Waals surface area contributed by atoms with Gasteiger partial charge in [0.15, 0.2) is 11.9 Å². The highest BCUT2D eigenvalue weighted by atomic mass is 16.5. The van der Waals surface area contributed by atoms with E-state index >= 15 is 0 Å². The van der Waals surface area contributed by atoms with Crippen LogP contribution in [0.5, 0.6) is 0 Å². The predicted molar refractivity (Wildman–Crippen MR) is 179 cm³/mol. The molecule has 2 rings (SSSR count). The summed E-state index contributed by atoms with van der Waals surface area (Å²) < 4.78 is 7.96. The van der Waals surface area contributed by atoms with Gasteiger partial charge in [-0.2, -0.15) is 0 Å². The number of alkyl carbamates (subject to hydrolysis) is 1. The van der Waals surface area contributed by atoms with Crippen LogP contribution in [0.1, 0.15) is 147 Å². The molecule has 42 heavy (non-hydrogen) atoms. The normalized spacial score (nSPS) is 11.4. The molecule has 0 bridgehead atoms. The van der Waals surface area contributed by atoms with Crippen LogP contribution in [0.25, 0.3) is 5.57 Å². The van der Waals surface area contributed by atoms with Crippen LogP contribution >= 0.6 is 0 Å². The van der Waals surface area contributed by atoms with Crippen molar-refractivity contribution < 1.29 is 14.1 Å². The molecule has 0 spiro atoms. The van der Waals surface area contributed by atoms with Crippen molar-refractivity contribution in [2.45, 2.75) is 149 Å². The fourth-order valence-electron chi connectivity index (χ4n) is 5.54. The molecular formula is C38H61N2O2+. The predicted octanol–water partition coefficient (Wildman–Crippen LogP) is 10.5. The van der Waals surface area contributed by atoms with E-state index in [-0.39, 0.29) is 6.09 Å². The summed E-state index contributed by atoms with van der Waals surface area (Å²) in [5, 5.41) is 3.01. The average molecular weight is 578 g/mol. The van der Waals surface area contributed by atoms with E-state index in [4.69, 9.17) is 4.74 Å². The van der Waals surface area contributed by atoms with Crippen LogP contribution in [0.4, 0.5) is 4.79 Å². The topological polar surface area (TPSA) is 42.2 Å². The molecule has 1 aromatic heterocycles. The first-order valence-electron chi connectivity index (χ1n) is 17.0. The van der Waals surface area contributed by atoms with E-state index in [0.29, 0.717) is 6.61 Å². The van der Waals surface area contributed by atoms with Gasteiger partial charge in [0.05, 0.1) is 12.1 Å². The highest BCUT2D eigenvalue weighted by Crippen LogP contribution is 2.23. The molecule has 1 N–H and O–H groups in total. The Hall–Kier alpha value is -2.62. The Morgan fingerprint density at radius 3 is 2.10 bits per heavy atom. The smallest absolute Gasteiger partial charge is 0.407 e. The lowest BCUT2D eigenvalue weighted by Gasteiger charge is -2.27. The Labute approximate surface area is 258 Å². The molecule has 0 aliphatic rings. The molecule has 0 aliphatic carbocycles. The molecular weight excluding hydrogens is 516 g/mol. The molecule has 2 aromatic rings. The van der Waals surface area contributed by atoms with Gasteiger partial charge in [-0.05, 0) is 57.2 Å². The average Bonchev–Trinajstić information content (AvgIpc) is 2.97. The molecule has 0 saturated carbocycles. The third kappa shape index (κ3) is 15.0. The number of unbranched alkanes of at least 4 members (excludes halogenated alkanes) is 14. The fraction of sp³-hybridized carbons (Fsp3) is 0.632. The van der Waals surface area contributed by atoms with Crippen molar-refractivity contribution in [1.29, 1.82) is 0 Å². The van der Waals surface area contributed by atoms with Gasteiger partial charge in [-0.1, -0.05) is 120 Å². The lowest BCUT2D eigenvalue weighted by atomic mass is 9.92. The number of carbonyl (C=O) groups excluding carboxylic acids is 1. The van der Waals surface area contributed by atoms with Crippen molar-refractivity contribution in [3.63, 3.8) is 0 Å². The molecule has 0 aliphatic heterocycles. The number of amides is 1. The Morgan fingerprint density at radius 2 is 1.43 bits per heavy atom. The van der Waals surface area contributed by atoms with E-state index in [9.17, 15) is 4.79 Å². The zero-order valence-corrected chi connectivity index (χ0v) is 27.5. The second kappa shape index (κ2) is 21.1. The van der Waals surface area contributed by atoms with Gasteiger partial charge >= 0.3 is 6.09 Å². The minimum Gasteiger partial charge on any atom is -0.450 e. The van der Waals surface area contributed by atoms with Crippen LogP contribution in [0.2, 0.25) is 0 Å². The number of rotatable bonds is 23. The Kier molecular flexibility index (Phi) is 17.9. The van der Waals surface area contributed by atoms with Crippen LogP contribution in [0.3, 0.4) is 0 Å². The number of aryl methyl sites for hydroxylation is 2. The second-order valence-electron chi connectivity index (χ2n) is 12.7. The first-order valence-corrected chi connectivity index (χ1v) is 17.0. The van der Waals surface area contributed by atoms with Crippen LogP contribution in [-0.2, 0) is 23.2 Å². The van der Waals surface area contributed by atoms with Gasteiger partial charge in [0, 0.05) is 25.0 Å². The minimum atomic E-state index is -0.501. The third-order valence-corrected chi connectivity index (χ3v) is 8.34. The number of hydrogen-bond acceptors (Lipinski definition) is 2. The van der Waals surface area contributed by atoms with E-state index in [1.165, 1.54) is 102 Å². The monoisotopic (exact) mass is 577 g/mol. The number of hydrogen-bond donors (Lipinski definition) is 1. The van der Waals surface area contributed by atoms with Crippen LogP contribution in [0, 0.1) is 0 Å². The Morgan fingerprint density at radius 1 is 0.810 bits per heavy atom.